The number of carboxylic acid groups (broad SMARTS) is 1. The number of likely N-dealkylation sites (N-methyl/N-ethyl adjacent to an activating group) is 1. The summed E-state index contributed by atoms with van der Waals surface area (Å²) in [6.45, 7) is 13.6. The molecule has 5 heteroatoms. The molecule has 0 aromatic carbocycles. The number of hydrogen-bond acceptors (Lipinski definition) is 4. The predicted octanol–water partition coefficient (Wildman–Crippen LogP) is 0.809. The highest BCUT2D eigenvalue weighted by atomic mass is 16.4. The average molecular weight is 271 g/mol. The van der Waals surface area contributed by atoms with Crippen LogP contribution in [0.15, 0.2) is 0 Å². The van der Waals surface area contributed by atoms with Crippen molar-refractivity contribution in [2.45, 2.75) is 32.7 Å². The number of carbonyl (C=O) groups is 1. The van der Waals surface area contributed by atoms with Crippen molar-refractivity contribution in [3.05, 3.63) is 0 Å². The van der Waals surface area contributed by atoms with Gasteiger partial charge < -0.3 is 10.0 Å². The Balaban J connectivity index is 2.38. The van der Waals surface area contributed by atoms with Crippen LogP contribution in [-0.2, 0) is 4.79 Å². The Morgan fingerprint density at radius 2 is 1.74 bits per heavy atom. The lowest BCUT2D eigenvalue weighted by atomic mass is 10.1. The van der Waals surface area contributed by atoms with Crippen molar-refractivity contribution in [1.82, 2.24) is 14.7 Å². The Labute approximate surface area is 117 Å². The summed E-state index contributed by atoms with van der Waals surface area (Å²) in [5, 5.41) is 8.83. The fraction of sp³-hybridized carbons (Fsp3) is 0.929. The first-order valence-electron chi connectivity index (χ1n) is 7.17. The lowest BCUT2D eigenvalue weighted by Crippen LogP contribution is -2.50. The molecule has 0 aromatic heterocycles. The monoisotopic (exact) mass is 271 g/mol. The average Bonchev–Trinajstić information content (AvgIpc) is 2.29. The minimum absolute atomic E-state index is 0.0298. The van der Waals surface area contributed by atoms with Gasteiger partial charge in [-0.05, 0) is 27.8 Å². The Kier molecular flexibility index (Phi) is 6.23. The lowest BCUT2D eigenvalue weighted by Gasteiger charge is -2.38. The number of hydrogen-bond donors (Lipinski definition) is 1. The number of rotatable bonds is 6. The maximum absolute atomic E-state index is 10.7. The number of nitrogens with zero attached hydrogens (tertiary/aromatic N) is 3. The molecule has 5 nitrogen and oxygen atoms in total. The highest BCUT2D eigenvalue weighted by Crippen LogP contribution is 2.13. The summed E-state index contributed by atoms with van der Waals surface area (Å²) in [7, 11) is 2.16. The summed E-state index contributed by atoms with van der Waals surface area (Å²) in [5.41, 5.74) is 0.0298. The quantitative estimate of drug-likeness (QED) is 0.774. The highest BCUT2D eigenvalue weighted by Gasteiger charge is 2.23. The van der Waals surface area contributed by atoms with Crippen LogP contribution in [0.1, 0.15) is 27.2 Å². The second-order valence-electron chi connectivity index (χ2n) is 6.45. The summed E-state index contributed by atoms with van der Waals surface area (Å²) in [5.74, 6) is -0.714. The number of aliphatic carboxylic acids is 1. The minimum atomic E-state index is -0.714. The lowest BCUT2D eigenvalue weighted by molar-refractivity contribution is -0.137. The van der Waals surface area contributed by atoms with Gasteiger partial charge in [-0.2, -0.15) is 0 Å². The summed E-state index contributed by atoms with van der Waals surface area (Å²) in [6.07, 6.45) is 0.222. The minimum Gasteiger partial charge on any atom is -0.481 e. The SMILES string of the molecule is CN1CCN(CCN(CCC(=O)O)C(C)(C)C)CC1. The molecule has 0 atom stereocenters. The molecule has 0 spiro atoms. The van der Waals surface area contributed by atoms with E-state index in [0.29, 0.717) is 6.54 Å². The molecule has 1 rings (SSSR count). The van der Waals surface area contributed by atoms with E-state index in [9.17, 15) is 4.79 Å². The summed E-state index contributed by atoms with van der Waals surface area (Å²) in [6, 6.07) is 0. The first-order chi connectivity index (χ1) is 8.79. The zero-order valence-corrected chi connectivity index (χ0v) is 12.9. The van der Waals surface area contributed by atoms with Crippen LogP contribution in [0.4, 0.5) is 0 Å². The van der Waals surface area contributed by atoms with Crippen molar-refractivity contribution >= 4 is 5.97 Å². The standard InChI is InChI=1S/C14H29N3O2/c1-14(2,3)17(6-5-13(18)19)12-11-16-9-7-15(4)8-10-16/h5-12H2,1-4H3,(H,18,19). The molecule has 0 bridgehead atoms. The highest BCUT2D eigenvalue weighted by molar-refractivity contribution is 5.66. The molecule has 1 fully saturated rings. The van der Waals surface area contributed by atoms with Gasteiger partial charge in [-0.3, -0.25) is 14.6 Å². The topological polar surface area (TPSA) is 47.0 Å². The van der Waals surface area contributed by atoms with Gasteiger partial charge in [0.25, 0.3) is 0 Å². The zero-order valence-electron chi connectivity index (χ0n) is 12.9. The molecule has 0 saturated carbocycles. The molecule has 0 aromatic rings. The summed E-state index contributed by atoms with van der Waals surface area (Å²) in [4.78, 5) is 17.8. The van der Waals surface area contributed by atoms with E-state index in [4.69, 9.17) is 5.11 Å². The number of piperazine rings is 1. The van der Waals surface area contributed by atoms with Gasteiger partial charge in [-0.15, -0.1) is 0 Å². The van der Waals surface area contributed by atoms with Crippen molar-refractivity contribution in [2.75, 3.05) is 52.9 Å². The third-order valence-electron chi connectivity index (χ3n) is 3.83. The third-order valence-corrected chi connectivity index (χ3v) is 3.83. The first-order valence-corrected chi connectivity index (χ1v) is 7.17. The molecule has 1 aliphatic heterocycles. The van der Waals surface area contributed by atoms with E-state index in [-0.39, 0.29) is 12.0 Å². The van der Waals surface area contributed by atoms with Crippen LogP contribution in [0, 0.1) is 0 Å². The molecule has 1 aliphatic rings. The van der Waals surface area contributed by atoms with Gasteiger partial charge in [0.05, 0.1) is 6.42 Å². The molecule has 0 radical (unpaired) electrons. The maximum Gasteiger partial charge on any atom is 0.304 e. The van der Waals surface area contributed by atoms with Crippen LogP contribution in [0.3, 0.4) is 0 Å². The van der Waals surface area contributed by atoms with Gasteiger partial charge in [-0.25, -0.2) is 0 Å². The van der Waals surface area contributed by atoms with E-state index in [1.54, 1.807) is 0 Å². The Morgan fingerprint density at radius 3 is 2.21 bits per heavy atom. The molecule has 19 heavy (non-hydrogen) atoms. The van der Waals surface area contributed by atoms with E-state index in [0.717, 1.165) is 39.3 Å². The Morgan fingerprint density at radius 1 is 1.16 bits per heavy atom. The van der Waals surface area contributed by atoms with Crippen LogP contribution >= 0.6 is 0 Å². The van der Waals surface area contributed by atoms with Crippen molar-refractivity contribution in [3.8, 4) is 0 Å². The smallest absolute Gasteiger partial charge is 0.304 e. The fourth-order valence-corrected chi connectivity index (χ4v) is 2.35. The second kappa shape index (κ2) is 7.22. The Hall–Kier alpha value is -0.650. The van der Waals surface area contributed by atoms with Crippen LogP contribution in [-0.4, -0.2) is 84.2 Å². The third kappa shape index (κ3) is 6.36. The van der Waals surface area contributed by atoms with E-state index in [1.165, 1.54) is 0 Å². The molecule has 0 unspecified atom stereocenters. The van der Waals surface area contributed by atoms with E-state index >= 15 is 0 Å². The van der Waals surface area contributed by atoms with Crippen molar-refractivity contribution in [2.24, 2.45) is 0 Å². The van der Waals surface area contributed by atoms with E-state index < -0.39 is 5.97 Å². The van der Waals surface area contributed by atoms with Gasteiger partial charge in [0, 0.05) is 51.4 Å². The first kappa shape index (κ1) is 16.4. The van der Waals surface area contributed by atoms with Crippen LogP contribution in [0.5, 0.6) is 0 Å². The molecular formula is C14H29N3O2. The molecule has 0 amide bonds. The summed E-state index contributed by atoms with van der Waals surface area (Å²) >= 11 is 0. The molecule has 1 N–H and O–H groups in total. The predicted molar refractivity (Wildman–Crippen MR) is 77.5 cm³/mol. The Bertz CT molecular complexity index is 281. The summed E-state index contributed by atoms with van der Waals surface area (Å²) < 4.78 is 0. The van der Waals surface area contributed by atoms with E-state index in [1.807, 2.05) is 0 Å². The van der Waals surface area contributed by atoms with Crippen molar-refractivity contribution < 1.29 is 9.90 Å². The van der Waals surface area contributed by atoms with Crippen molar-refractivity contribution in [3.63, 3.8) is 0 Å². The van der Waals surface area contributed by atoms with Gasteiger partial charge in [0.1, 0.15) is 0 Å². The van der Waals surface area contributed by atoms with Gasteiger partial charge in [-0.1, -0.05) is 0 Å². The molecule has 1 saturated heterocycles. The van der Waals surface area contributed by atoms with Gasteiger partial charge in [0.15, 0.2) is 0 Å². The number of carboxylic acids is 1. The van der Waals surface area contributed by atoms with Crippen LogP contribution < -0.4 is 0 Å². The van der Waals surface area contributed by atoms with Crippen molar-refractivity contribution in [1.29, 1.82) is 0 Å². The molecule has 0 aliphatic carbocycles. The van der Waals surface area contributed by atoms with Gasteiger partial charge in [0.2, 0.25) is 0 Å². The fourth-order valence-electron chi connectivity index (χ4n) is 2.35. The van der Waals surface area contributed by atoms with Crippen LogP contribution in [0.25, 0.3) is 0 Å². The van der Waals surface area contributed by atoms with Crippen LogP contribution in [0.2, 0.25) is 0 Å². The normalized spacial score (nSPS) is 19.0. The molecular weight excluding hydrogens is 242 g/mol. The van der Waals surface area contributed by atoms with E-state index in [2.05, 4.69) is 42.5 Å². The molecule has 1 heterocycles. The molecule has 112 valence electrons. The maximum atomic E-state index is 10.7. The zero-order chi connectivity index (χ0) is 14.5. The largest absolute Gasteiger partial charge is 0.481 e. The second-order valence-corrected chi connectivity index (χ2v) is 6.45. The van der Waals surface area contributed by atoms with Gasteiger partial charge >= 0.3 is 5.97 Å².